The van der Waals surface area contributed by atoms with Crippen molar-refractivity contribution in [1.29, 1.82) is 0 Å². The summed E-state index contributed by atoms with van der Waals surface area (Å²) in [5, 5.41) is 6.74. The molecule has 4 aromatic rings. The van der Waals surface area contributed by atoms with E-state index in [1.165, 1.54) is 11.1 Å². The van der Waals surface area contributed by atoms with Crippen LogP contribution in [0.2, 0.25) is 0 Å². The normalized spacial score (nSPS) is 11.1. The molecule has 0 bridgehead atoms. The summed E-state index contributed by atoms with van der Waals surface area (Å²) in [5.41, 5.74) is 4.65. The van der Waals surface area contributed by atoms with Gasteiger partial charge in [0, 0.05) is 31.7 Å². The largest absolute Gasteiger partial charge is 0.380 e. The van der Waals surface area contributed by atoms with Gasteiger partial charge in [-0.25, -0.2) is 9.97 Å². The molecule has 5 nitrogen and oxygen atoms in total. The van der Waals surface area contributed by atoms with Crippen LogP contribution in [0.25, 0.3) is 21.3 Å². The van der Waals surface area contributed by atoms with E-state index in [0.717, 1.165) is 27.2 Å². The van der Waals surface area contributed by atoms with Gasteiger partial charge in [0.2, 0.25) is 0 Å². The van der Waals surface area contributed by atoms with Crippen LogP contribution in [0.15, 0.2) is 60.0 Å². The van der Waals surface area contributed by atoms with Crippen LogP contribution >= 0.6 is 11.3 Å². The lowest BCUT2D eigenvalue weighted by molar-refractivity contribution is 0.178. The highest BCUT2D eigenvalue weighted by Crippen LogP contribution is 2.37. The van der Waals surface area contributed by atoms with Gasteiger partial charge in [0.25, 0.3) is 0 Å². The average Bonchev–Trinajstić information content (AvgIpc) is 3.18. The molecule has 0 amide bonds. The zero-order valence-electron chi connectivity index (χ0n) is 16.5. The third-order valence-electron chi connectivity index (χ3n) is 4.70. The predicted molar refractivity (Wildman–Crippen MR) is 118 cm³/mol. The van der Waals surface area contributed by atoms with Crippen LogP contribution in [-0.2, 0) is 29.2 Å². The second-order valence-corrected chi connectivity index (χ2v) is 7.53. The summed E-state index contributed by atoms with van der Waals surface area (Å²) in [7, 11) is 3.37. The molecule has 0 atom stereocenters. The highest BCUT2D eigenvalue weighted by molar-refractivity contribution is 7.17. The van der Waals surface area contributed by atoms with Crippen LogP contribution in [0.1, 0.15) is 17.0 Å². The molecule has 0 saturated heterocycles. The smallest absolute Gasteiger partial charge is 0.158 e. The van der Waals surface area contributed by atoms with E-state index in [4.69, 9.17) is 19.4 Å². The summed E-state index contributed by atoms with van der Waals surface area (Å²) in [6.07, 6.45) is 0. The van der Waals surface area contributed by atoms with Crippen molar-refractivity contribution >= 4 is 27.4 Å². The molecular weight excluding hydrogens is 382 g/mol. The molecule has 0 saturated carbocycles. The van der Waals surface area contributed by atoms with Crippen LogP contribution < -0.4 is 5.32 Å². The van der Waals surface area contributed by atoms with Gasteiger partial charge in [-0.3, -0.25) is 0 Å². The molecule has 1 N–H and O–H groups in total. The number of thiophene rings is 1. The summed E-state index contributed by atoms with van der Waals surface area (Å²) in [6, 6.07) is 18.6. The van der Waals surface area contributed by atoms with Crippen LogP contribution in [0.5, 0.6) is 0 Å². The molecule has 0 aliphatic rings. The van der Waals surface area contributed by atoms with Gasteiger partial charge in [-0.05, 0) is 16.7 Å². The quantitative estimate of drug-likeness (QED) is 0.433. The van der Waals surface area contributed by atoms with Gasteiger partial charge in [-0.1, -0.05) is 54.6 Å². The van der Waals surface area contributed by atoms with E-state index in [1.807, 2.05) is 30.3 Å². The maximum absolute atomic E-state index is 5.34. The van der Waals surface area contributed by atoms with Crippen molar-refractivity contribution in [3.05, 3.63) is 76.9 Å². The molecule has 2 aromatic carbocycles. The van der Waals surface area contributed by atoms with Crippen molar-refractivity contribution in [1.82, 2.24) is 9.97 Å². The monoisotopic (exact) mass is 405 g/mol. The second-order valence-electron chi connectivity index (χ2n) is 6.67. The van der Waals surface area contributed by atoms with Crippen LogP contribution in [0.4, 0.5) is 5.82 Å². The highest BCUT2D eigenvalue weighted by Gasteiger charge is 2.15. The van der Waals surface area contributed by atoms with Gasteiger partial charge in [0.05, 0.1) is 12.0 Å². The van der Waals surface area contributed by atoms with Gasteiger partial charge in [0.15, 0.2) is 5.82 Å². The summed E-state index contributed by atoms with van der Waals surface area (Å²) in [6.45, 7) is 1.62. The Morgan fingerprint density at radius 3 is 2.34 bits per heavy atom. The lowest BCUT2D eigenvalue weighted by atomic mass is 10.1. The molecule has 0 aliphatic carbocycles. The van der Waals surface area contributed by atoms with Crippen molar-refractivity contribution in [2.75, 3.05) is 19.5 Å². The fourth-order valence-electron chi connectivity index (χ4n) is 3.34. The van der Waals surface area contributed by atoms with E-state index >= 15 is 0 Å². The minimum Gasteiger partial charge on any atom is -0.380 e. The number of hydrogen-bond acceptors (Lipinski definition) is 6. The number of benzene rings is 2. The van der Waals surface area contributed by atoms with Crippen LogP contribution in [-0.4, -0.2) is 24.2 Å². The summed E-state index contributed by atoms with van der Waals surface area (Å²) < 4.78 is 10.6. The van der Waals surface area contributed by atoms with Crippen LogP contribution in [0.3, 0.4) is 0 Å². The molecule has 2 heterocycles. The number of methoxy groups -OCH3 is 2. The predicted octanol–water partition coefficient (Wildman–Crippen LogP) is 5.26. The Labute approximate surface area is 174 Å². The summed E-state index contributed by atoms with van der Waals surface area (Å²) in [4.78, 5) is 10.4. The van der Waals surface area contributed by atoms with E-state index in [0.29, 0.717) is 25.6 Å². The Morgan fingerprint density at radius 2 is 1.59 bits per heavy atom. The van der Waals surface area contributed by atoms with Gasteiger partial charge in [0.1, 0.15) is 17.3 Å². The molecule has 0 unspecified atom stereocenters. The first kappa shape index (κ1) is 19.5. The van der Waals surface area contributed by atoms with Crippen molar-refractivity contribution in [2.24, 2.45) is 0 Å². The summed E-state index contributed by atoms with van der Waals surface area (Å²) >= 11 is 1.63. The highest BCUT2D eigenvalue weighted by atomic mass is 32.1. The molecule has 0 fully saturated rings. The molecule has 0 spiro atoms. The van der Waals surface area contributed by atoms with Crippen molar-refractivity contribution in [2.45, 2.75) is 19.8 Å². The lowest BCUT2D eigenvalue weighted by Crippen LogP contribution is -2.08. The number of hydrogen-bond donors (Lipinski definition) is 1. The van der Waals surface area contributed by atoms with Gasteiger partial charge in [-0.15, -0.1) is 11.3 Å². The molecule has 148 valence electrons. The lowest BCUT2D eigenvalue weighted by Gasteiger charge is -2.13. The third kappa shape index (κ3) is 4.29. The zero-order chi connectivity index (χ0) is 20.1. The number of fused-ring (bicyclic) bond motifs is 1. The number of anilines is 1. The first-order valence-corrected chi connectivity index (χ1v) is 10.3. The van der Waals surface area contributed by atoms with E-state index in [1.54, 1.807) is 25.6 Å². The Morgan fingerprint density at radius 1 is 0.862 bits per heavy atom. The first-order chi connectivity index (χ1) is 14.3. The van der Waals surface area contributed by atoms with E-state index in [9.17, 15) is 0 Å². The zero-order valence-corrected chi connectivity index (χ0v) is 17.3. The third-order valence-corrected chi connectivity index (χ3v) is 5.57. The maximum atomic E-state index is 5.34. The Kier molecular flexibility index (Phi) is 6.14. The standard InChI is InChI=1S/C23H23N3O2S/c1-27-13-18-11-7-6-10-17(18)12-24-22-21-19(16-8-4-3-5-9-16)15-29-23(21)26-20(25-22)14-28-2/h3-11,15H,12-14H2,1-2H3,(H,24,25,26). The second kappa shape index (κ2) is 9.13. The molecule has 6 heteroatoms. The number of ether oxygens (including phenoxy) is 2. The average molecular weight is 406 g/mol. The minimum atomic E-state index is 0.378. The molecule has 4 rings (SSSR count). The molecule has 29 heavy (non-hydrogen) atoms. The van der Waals surface area contributed by atoms with Gasteiger partial charge >= 0.3 is 0 Å². The number of nitrogens with one attached hydrogen (secondary N) is 1. The molecule has 0 radical (unpaired) electrons. The fraction of sp³-hybridized carbons (Fsp3) is 0.217. The molecule has 2 aromatic heterocycles. The number of rotatable bonds is 8. The van der Waals surface area contributed by atoms with Crippen LogP contribution in [0, 0.1) is 0 Å². The number of aromatic nitrogens is 2. The van der Waals surface area contributed by atoms with E-state index in [-0.39, 0.29) is 0 Å². The molecule has 0 aliphatic heterocycles. The van der Waals surface area contributed by atoms with Gasteiger partial charge < -0.3 is 14.8 Å². The van der Waals surface area contributed by atoms with E-state index < -0.39 is 0 Å². The summed E-state index contributed by atoms with van der Waals surface area (Å²) in [5.74, 6) is 1.50. The Balaban J connectivity index is 1.74. The van der Waals surface area contributed by atoms with E-state index in [2.05, 4.69) is 35.0 Å². The topological polar surface area (TPSA) is 56.3 Å². The molecular formula is C23H23N3O2S. The van der Waals surface area contributed by atoms with Gasteiger partial charge in [-0.2, -0.15) is 0 Å². The first-order valence-electron chi connectivity index (χ1n) is 9.42. The van der Waals surface area contributed by atoms with Crippen molar-refractivity contribution < 1.29 is 9.47 Å². The Bertz CT molecular complexity index is 1100. The maximum Gasteiger partial charge on any atom is 0.158 e. The number of nitrogens with zero attached hydrogens (tertiary/aromatic N) is 2. The Hall–Kier alpha value is -2.80. The van der Waals surface area contributed by atoms with Crippen molar-refractivity contribution in [3.8, 4) is 11.1 Å². The SMILES string of the molecule is COCc1nc(NCc2ccccc2COC)c2c(-c3ccccc3)csc2n1. The van der Waals surface area contributed by atoms with Crippen molar-refractivity contribution in [3.63, 3.8) is 0 Å². The fourth-order valence-corrected chi connectivity index (χ4v) is 4.31. The minimum absolute atomic E-state index is 0.378.